The first kappa shape index (κ1) is 35.1. The first-order chi connectivity index (χ1) is 28.6. The van der Waals surface area contributed by atoms with Crippen LogP contribution < -0.4 is 9.30 Å². The Kier molecular flexibility index (Phi) is 9.08. The molecular weight excluding hydrogens is 707 g/mol. The van der Waals surface area contributed by atoms with Crippen molar-refractivity contribution in [3.05, 3.63) is 206 Å². The molecule has 0 fully saturated rings. The molecule has 0 saturated carbocycles. The van der Waals surface area contributed by atoms with Crippen LogP contribution in [0.4, 0.5) is 0 Å². The van der Waals surface area contributed by atoms with Gasteiger partial charge in [0.2, 0.25) is 0 Å². The van der Waals surface area contributed by atoms with E-state index in [9.17, 15) is 0 Å². The van der Waals surface area contributed by atoms with Gasteiger partial charge in [-0.15, -0.1) is 0 Å². The topological polar surface area (TPSA) is 30.9 Å². The highest BCUT2D eigenvalue weighted by Crippen LogP contribution is 2.37. The molecular formula is C54H41N3O. The molecule has 0 N–H and O–H groups in total. The Hall–Kier alpha value is -7.30. The summed E-state index contributed by atoms with van der Waals surface area (Å²) < 4.78 is 11.0. The molecule has 10 rings (SSSR count). The van der Waals surface area contributed by atoms with E-state index in [0.717, 1.165) is 79.2 Å². The zero-order valence-electron chi connectivity index (χ0n) is 32.5. The van der Waals surface area contributed by atoms with Crippen molar-refractivity contribution in [3.8, 4) is 56.4 Å². The van der Waals surface area contributed by atoms with Crippen LogP contribution in [0.2, 0.25) is 0 Å². The maximum absolute atomic E-state index is 6.63. The number of hydrogen-bond acceptors (Lipinski definition) is 2. The molecule has 0 aliphatic carbocycles. The average molecular weight is 748 g/mol. The molecule has 0 radical (unpaired) electrons. The van der Waals surface area contributed by atoms with E-state index in [-0.39, 0.29) is 0 Å². The second-order valence-electron chi connectivity index (χ2n) is 15.3. The maximum atomic E-state index is 6.63. The molecule has 0 atom stereocenters. The number of benzene rings is 8. The number of fused-ring (bicyclic) bond motifs is 4. The van der Waals surface area contributed by atoms with Gasteiger partial charge in [0.1, 0.15) is 11.5 Å². The van der Waals surface area contributed by atoms with Gasteiger partial charge in [0, 0.05) is 17.1 Å². The lowest BCUT2D eigenvalue weighted by atomic mass is 9.93. The van der Waals surface area contributed by atoms with Crippen LogP contribution in [0.5, 0.6) is 11.5 Å². The van der Waals surface area contributed by atoms with E-state index in [1.807, 2.05) is 30.5 Å². The van der Waals surface area contributed by atoms with Gasteiger partial charge in [-0.3, -0.25) is 14.1 Å². The predicted octanol–water partition coefficient (Wildman–Crippen LogP) is 13.4. The van der Waals surface area contributed by atoms with Gasteiger partial charge in [-0.2, -0.15) is 0 Å². The minimum atomic E-state index is 0.588. The Bertz CT molecular complexity index is 3030. The molecule has 278 valence electrons. The quantitative estimate of drug-likeness (QED) is 0.0836. The number of para-hydroxylation sites is 3. The standard InChI is InChI=1S/C54H41N3O/c1-37(2)33-40-19-12-26-48-45(40)29-30-50-49(48)31-32-55-53(50)41-20-11-22-43(34-41)58-44-23-13-21-42(35-44)56-36-57(52-28-10-9-27-51(52)56)54-46(38-15-5-3-6-16-38)24-14-25-47(54)39-17-7-4-8-18-39/h3-32,34-35,37H,33H2,1-2H3. The largest absolute Gasteiger partial charge is 0.458 e. The Labute approximate surface area is 338 Å². The fourth-order valence-corrected chi connectivity index (χ4v) is 8.37. The van der Waals surface area contributed by atoms with Crippen LogP contribution in [-0.4, -0.2) is 9.55 Å². The van der Waals surface area contributed by atoms with E-state index < -0.39 is 0 Å². The van der Waals surface area contributed by atoms with E-state index in [1.54, 1.807) is 0 Å². The number of pyridine rings is 1. The van der Waals surface area contributed by atoms with Gasteiger partial charge in [-0.25, -0.2) is 0 Å². The normalized spacial score (nSPS) is 11.5. The van der Waals surface area contributed by atoms with E-state index in [1.165, 1.54) is 21.7 Å². The van der Waals surface area contributed by atoms with Gasteiger partial charge in [0.15, 0.2) is 0 Å². The summed E-state index contributed by atoms with van der Waals surface area (Å²) in [6.07, 6.45) is 6.75. The SMILES string of the molecule is CC(C)Cc1cccc2c1ccc1c(-c3cccc(Oc4cccc(-n5[c-][n+](-c6c(-c7ccccc7)cccc6-c6ccccc6)c6ccccc65)c4)c3)nccc12. The van der Waals surface area contributed by atoms with E-state index in [0.29, 0.717) is 5.92 Å². The van der Waals surface area contributed by atoms with Gasteiger partial charge in [-0.1, -0.05) is 166 Å². The molecule has 0 aliphatic rings. The van der Waals surface area contributed by atoms with E-state index in [2.05, 4.69) is 193 Å². The highest BCUT2D eigenvalue weighted by atomic mass is 16.5. The summed E-state index contributed by atoms with van der Waals surface area (Å²) in [5.74, 6) is 2.07. The van der Waals surface area contributed by atoms with Crippen LogP contribution >= 0.6 is 0 Å². The highest BCUT2D eigenvalue weighted by molar-refractivity contribution is 6.12. The van der Waals surface area contributed by atoms with Crippen LogP contribution in [0.25, 0.3) is 77.5 Å². The van der Waals surface area contributed by atoms with Crippen molar-refractivity contribution in [2.24, 2.45) is 5.92 Å². The maximum Gasteiger partial charge on any atom is 0.269 e. The smallest absolute Gasteiger partial charge is 0.269 e. The van der Waals surface area contributed by atoms with Gasteiger partial charge in [-0.05, 0) is 92.7 Å². The first-order valence-electron chi connectivity index (χ1n) is 20.0. The molecule has 58 heavy (non-hydrogen) atoms. The van der Waals surface area contributed by atoms with Crippen molar-refractivity contribution in [1.82, 2.24) is 9.55 Å². The summed E-state index contributed by atoms with van der Waals surface area (Å²) >= 11 is 0. The summed E-state index contributed by atoms with van der Waals surface area (Å²) in [4.78, 5) is 4.90. The summed E-state index contributed by atoms with van der Waals surface area (Å²) in [5.41, 5.74) is 12.0. The monoisotopic (exact) mass is 747 g/mol. The van der Waals surface area contributed by atoms with Crippen molar-refractivity contribution in [2.75, 3.05) is 0 Å². The molecule has 4 nitrogen and oxygen atoms in total. The number of rotatable bonds is 9. The minimum Gasteiger partial charge on any atom is -0.458 e. The van der Waals surface area contributed by atoms with Crippen LogP contribution in [-0.2, 0) is 6.42 Å². The molecule has 0 amide bonds. The lowest BCUT2D eigenvalue weighted by molar-refractivity contribution is -0.571. The van der Waals surface area contributed by atoms with Crippen molar-refractivity contribution < 1.29 is 9.30 Å². The van der Waals surface area contributed by atoms with Gasteiger partial charge in [0.25, 0.3) is 6.33 Å². The molecule has 0 spiro atoms. The van der Waals surface area contributed by atoms with Crippen LogP contribution in [0, 0.1) is 12.2 Å². The summed E-state index contributed by atoms with van der Waals surface area (Å²) in [6.45, 7) is 4.55. The number of nitrogens with zero attached hydrogens (tertiary/aromatic N) is 3. The molecule has 2 aromatic heterocycles. The van der Waals surface area contributed by atoms with Crippen LogP contribution in [0.1, 0.15) is 19.4 Å². The van der Waals surface area contributed by atoms with Gasteiger partial charge < -0.3 is 4.74 Å². The van der Waals surface area contributed by atoms with Crippen molar-refractivity contribution in [2.45, 2.75) is 20.3 Å². The Balaban J connectivity index is 1.03. The third kappa shape index (κ3) is 6.49. The van der Waals surface area contributed by atoms with Crippen LogP contribution in [0.3, 0.4) is 0 Å². The fourth-order valence-electron chi connectivity index (χ4n) is 8.37. The molecule has 4 heteroatoms. The highest BCUT2D eigenvalue weighted by Gasteiger charge is 2.20. The third-order valence-corrected chi connectivity index (χ3v) is 10.9. The number of aromatic nitrogens is 3. The third-order valence-electron chi connectivity index (χ3n) is 10.9. The second kappa shape index (κ2) is 15.0. The molecule has 2 heterocycles. The Morgan fingerprint density at radius 1 is 0.552 bits per heavy atom. The number of hydrogen-bond donors (Lipinski definition) is 0. The summed E-state index contributed by atoms with van der Waals surface area (Å²) in [5, 5.41) is 4.91. The van der Waals surface area contributed by atoms with E-state index >= 15 is 0 Å². The molecule has 0 unspecified atom stereocenters. The molecule has 0 aliphatic heterocycles. The van der Waals surface area contributed by atoms with Crippen molar-refractivity contribution >= 4 is 32.6 Å². The van der Waals surface area contributed by atoms with E-state index in [4.69, 9.17) is 9.72 Å². The molecule has 10 aromatic rings. The number of imidazole rings is 1. The number of ether oxygens (including phenoxy) is 1. The lowest BCUT2D eigenvalue weighted by Crippen LogP contribution is -2.31. The summed E-state index contributed by atoms with van der Waals surface area (Å²) in [6, 6.07) is 66.0. The van der Waals surface area contributed by atoms with Crippen molar-refractivity contribution in [1.29, 1.82) is 0 Å². The molecule has 0 bridgehead atoms. The second-order valence-corrected chi connectivity index (χ2v) is 15.3. The first-order valence-corrected chi connectivity index (χ1v) is 20.0. The van der Waals surface area contributed by atoms with Crippen LogP contribution in [0.15, 0.2) is 194 Å². The minimum absolute atomic E-state index is 0.588. The Morgan fingerprint density at radius 3 is 1.93 bits per heavy atom. The fraction of sp³-hybridized carbons (Fsp3) is 0.0741. The lowest BCUT2D eigenvalue weighted by Gasteiger charge is -2.17. The average Bonchev–Trinajstić information content (AvgIpc) is 3.66. The van der Waals surface area contributed by atoms with Gasteiger partial charge in [0.05, 0.1) is 28.1 Å². The van der Waals surface area contributed by atoms with Gasteiger partial charge >= 0.3 is 0 Å². The summed E-state index contributed by atoms with van der Waals surface area (Å²) in [7, 11) is 0. The Morgan fingerprint density at radius 2 is 1.17 bits per heavy atom. The van der Waals surface area contributed by atoms with Crippen molar-refractivity contribution in [3.63, 3.8) is 0 Å². The predicted molar refractivity (Wildman–Crippen MR) is 238 cm³/mol. The zero-order chi connectivity index (χ0) is 39.0. The molecule has 8 aromatic carbocycles. The molecule has 0 saturated heterocycles. The zero-order valence-corrected chi connectivity index (χ0v) is 32.5.